The van der Waals surface area contributed by atoms with Crippen molar-refractivity contribution in [2.24, 2.45) is 0 Å². The van der Waals surface area contributed by atoms with Crippen molar-refractivity contribution in [3.63, 3.8) is 0 Å². The summed E-state index contributed by atoms with van der Waals surface area (Å²) in [5.41, 5.74) is 0.899. The summed E-state index contributed by atoms with van der Waals surface area (Å²) in [4.78, 5) is 22.3. The van der Waals surface area contributed by atoms with Crippen LogP contribution >= 0.6 is 23.2 Å². The molecule has 3 aromatic heterocycles. The molecule has 0 radical (unpaired) electrons. The SMILES string of the molecule is Cc1nc([C@@H]2O[C@@H]3CO[C@H](c4ccccc4)O[C@@H]3[C@H](n3cc(-c4cc(F)c(F)c(F)c4)nn3)[C@H]2OC(=O)Oc2ccccn2)n(-c2cc(Cl)ccc2Cl)n1. The molecule has 0 saturated carbocycles. The van der Waals surface area contributed by atoms with Crippen molar-refractivity contribution in [1.29, 1.82) is 0 Å². The third kappa shape index (κ3) is 7.01. The van der Waals surface area contributed by atoms with Crippen molar-refractivity contribution in [3.8, 4) is 22.8 Å². The number of nitrogens with zero attached hydrogens (tertiary/aromatic N) is 7. The lowest BCUT2D eigenvalue weighted by Crippen LogP contribution is -2.58. The second kappa shape index (κ2) is 14.8. The molecule has 2 fully saturated rings. The maximum atomic E-state index is 14.3. The van der Waals surface area contributed by atoms with Crippen molar-refractivity contribution in [2.75, 3.05) is 6.61 Å². The van der Waals surface area contributed by atoms with E-state index in [1.54, 1.807) is 37.3 Å². The maximum absolute atomic E-state index is 14.3. The largest absolute Gasteiger partial charge is 0.515 e. The van der Waals surface area contributed by atoms with Crippen molar-refractivity contribution in [1.82, 2.24) is 34.7 Å². The molecule has 6 aromatic rings. The summed E-state index contributed by atoms with van der Waals surface area (Å²) in [6.45, 7) is 1.64. The number of carbonyl (C=O) groups excluding carboxylic acids is 1. The van der Waals surface area contributed by atoms with E-state index in [4.69, 9.17) is 46.9 Å². The van der Waals surface area contributed by atoms with Gasteiger partial charge in [-0.15, -0.1) is 5.10 Å². The van der Waals surface area contributed by atoms with E-state index in [1.165, 1.54) is 27.8 Å². The molecular formula is C36H26Cl2F3N7O6. The molecule has 0 amide bonds. The number of hydrogen-bond donors (Lipinski definition) is 0. The van der Waals surface area contributed by atoms with Crippen molar-refractivity contribution < 1.29 is 41.7 Å². The highest BCUT2D eigenvalue weighted by Crippen LogP contribution is 2.46. The number of carbonyl (C=O) groups is 1. The Labute approximate surface area is 314 Å². The van der Waals surface area contributed by atoms with Crippen molar-refractivity contribution >= 4 is 29.4 Å². The van der Waals surface area contributed by atoms with E-state index in [2.05, 4.69) is 25.4 Å². The predicted molar refractivity (Wildman–Crippen MR) is 183 cm³/mol. The topological polar surface area (TPSA) is 138 Å². The van der Waals surface area contributed by atoms with E-state index in [-0.39, 0.29) is 34.6 Å². The molecule has 6 atom stereocenters. The lowest BCUT2D eigenvalue weighted by Gasteiger charge is -2.48. The second-order valence-electron chi connectivity index (χ2n) is 12.2. The molecule has 18 heteroatoms. The van der Waals surface area contributed by atoms with Gasteiger partial charge in [-0.3, -0.25) is 0 Å². The Morgan fingerprint density at radius 2 is 1.74 bits per heavy atom. The monoisotopic (exact) mass is 779 g/mol. The second-order valence-corrected chi connectivity index (χ2v) is 13.1. The van der Waals surface area contributed by atoms with E-state index in [0.29, 0.717) is 22.1 Å². The van der Waals surface area contributed by atoms with Crippen LogP contribution in [0.5, 0.6) is 5.88 Å². The summed E-state index contributed by atoms with van der Waals surface area (Å²) in [7, 11) is 0. The van der Waals surface area contributed by atoms with E-state index in [9.17, 15) is 18.0 Å². The first kappa shape index (κ1) is 35.6. The Kier molecular flexibility index (Phi) is 9.76. The average Bonchev–Trinajstić information content (AvgIpc) is 3.82. The fraction of sp³-hybridized carbons (Fsp3) is 0.222. The highest BCUT2D eigenvalue weighted by molar-refractivity contribution is 6.34. The van der Waals surface area contributed by atoms with Gasteiger partial charge in [0.15, 0.2) is 41.8 Å². The zero-order valence-electron chi connectivity index (χ0n) is 27.8. The molecule has 2 aliphatic heterocycles. The average molecular weight is 781 g/mol. The Balaban J connectivity index is 1.27. The van der Waals surface area contributed by atoms with Gasteiger partial charge in [0, 0.05) is 28.4 Å². The Morgan fingerprint density at radius 3 is 2.50 bits per heavy atom. The van der Waals surface area contributed by atoms with Crippen molar-refractivity contribution in [3.05, 3.63) is 136 Å². The number of benzene rings is 3. The van der Waals surface area contributed by atoms with Crippen LogP contribution in [0.15, 0.2) is 91.3 Å². The molecule has 3 aromatic carbocycles. The van der Waals surface area contributed by atoms with Crippen molar-refractivity contribution in [2.45, 2.75) is 43.7 Å². The van der Waals surface area contributed by atoms with E-state index in [1.807, 2.05) is 30.3 Å². The van der Waals surface area contributed by atoms with E-state index < -0.39 is 60.4 Å². The number of fused-ring (bicyclic) bond motifs is 1. The molecule has 276 valence electrons. The molecule has 0 aliphatic carbocycles. The fourth-order valence-corrected chi connectivity index (χ4v) is 6.71. The molecule has 0 bridgehead atoms. The maximum Gasteiger partial charge on any atom is 0.515 e. The normalized spacial score (nSPS) is 22.4. The fourth-order valence-electron chi connectivity index (χ4n) is 6.35. The summed E-state index contributed by atoms with van der Waals surface area (Å²) in [6, 6.07) is 19.1. The summed E-state index contributed by atoms with van der Waals surface area (Å²) < 4.78 is 76.2. The van der Waals surface area contributed by atoms with Gasteiger partial charge in [-0.25, -0.2) is 37.3 Å². The quantitative estimate of drug-likeness (QED) is 0.119. The smallest absolute Gasteiger partial charge is 0.425 e. The zero-order chi connectivity index (χ0) is 37.5. The lowest BCUT2D eigenvalue weighted by atomic mass is 9.90. The van der Waals surface area contributed by atoms with Crippen LogP contribution in [0.1, 0.15) is 35.6 Å². The van der Waals surface area contributed by atoms with Gasteiger partial charge in [0.25, 0.3) is 0 Å². The number of halogens is 5. The minimum absolute atomic E-state index is 0.0106. The van der Waals surface area contributed by atoms with Crippen LogP contribution in [0.2, 0.25) is 10.0 Å². The van der Waals surface area contributed by atoms with Gasteiger partial charge in [0.05, 0.1) is 23.5 Å². The Morgan fingerprint density at radius 1 is 0.963 bits per heavy atom. The lowest BCUT2D eigenvalue weighted by molar-refractivity contribution is -0.319. The van der Waals surface area contributed by atoms with Gasteiger partial charge < -0.3 is 23.7 Å². The number of aryl methyl sites for hydroxylation is 1. The number of hydrogen-bond acceptors (Lipinski definition) is 11. The predicted octanol–water partition coefficient (Wildman–Crippen LogP) is 7.33. The van der Waals surface area contributed by atoms with Crippen LogP contribution in [0, 0.1) is 24.4 Å². The number of aromatic nitrogens is 7. The summed E-state index contributed by atoms with van der Waals surface area (Å²) in [5, 5.41) is 13.6. The molecule has 8 rings (SSSR count). The van der Waals surface area contributed by atoms with Crippen LogP contribution in [0.4, 0.5) is 18.0 Å². The third-order valence-electron chi connectivity index (χ3n) is 8.71. The molecule has 5 heterocycles. The van der Waals surface area contributed by atoms with Crippen LogP contribution in [-0.2, 0) is 18.9 Å². The highest BCUT2D eigenvalue weighted by Gasteiger charge is 2.55. The first-order valence-corrected chi connectivity index (χ1v) is 17.1. The minimum Gasteiger partial charge on any atom is -0.425 e. The summed E-state index contributed by atoms with van der Waals surface area (Å²) in [6.07, 6.45) is -3.76. The Bertz CT molecular complexity index is 2300. The van der Waals surface area contributed by atoms with Crippen LogP contribution in [0.3, 0.4) is 0 Å². The van der Waals surface area contributed by atoms with Crippen LogP contribution in [0.25, 0.3) is 16.9 Å². The van der Waals surface area contributed by atoms with Crippen LogP contribution < -0.4 is 4.74 Å². The van der Waals surface area contributed by atoms with E-state index >= 15 is 0 Å². The molecule has 54 heavy (non-hydrogen) atoms. The molecule has 0 spiro atoms. The molecule has 2 aliphatic rings. The number of ether oxygens (including phenoxy) is 5. The third-order valence-corrected chi connectivity index (χ3v) is 9.26. The highest BCUT2D eigenvalue weighted by atomic mass is 35.5. The minimum atomic E-state index is -1.64. The number of rotatable bonds is 7. The molecule has 2 saturated heterocycles. The number of pyridine rings is 1. The van der Waals surface area contributed by atoms with Crippen LogP contribution in [-0.4, -0.2) is 65.8 Å². The summed E-state index contributed by atoms with van der Waals surface area (Å²) >= 11 is 13.0. The van der Waals surface area contributed by atoms with Gasteiger partial charge in [-0.1, -0.05) is 64.8 Å². The standard InChI is InChI=1S/C36H26Cl2F3N7O6/c1-18-43-34(48(45-18)26-15-21(37)10-11-22(26)38)33-32(54-36(49)52-28-9-5-6-12-42-28)30(31-27(51-33)17-50-35(53-31)19-7-3-2-4-8-19)47-16-25(44-46-47)20-13-23(39)29(41)24(40)14-20/h2-16,27,30-33,35H,17H2,1H3/t27-,30+,31+,32-,33-,35+/m1/s1. The molecule has 13 nitrogen and oxygen atoms in total. The van der Waals surface area contributed by atoms with Gasteiger partial charge in [-0.05, 0) is 43.3 Å². The van der Waals surface area contributed by atoms with Gasteiger partial charge in [0.2, 0.25) is 5.88 Å². The first-order chi connectivity index (χ1) is 26.1. The molecule has 0 N–H and O–H groups in total. The molecular weight excluding hydrogens is 754 g/mol. The van der Waals surface area contributed by atoms with E-state index in [0.717, 1.165) is 12.1 Å². The Hall–Kier alpha value is -5.39. The zero-order valence-corrected chi connectivity index (χ0v) is 29.3. The first-order valence-electron chi connectivity index (χ1n) is 16.4. The molecule has 0 unspecified atom stereocenters. The van der Waals surface area contributed by atoms with Gasteiger partial charge in [-0.2, -0.15) is 5.10 Å². The van der Waals surface area contributed by atoms with Gasteiger partial charge in [0.1, 0.15) is 29.8 Å². The summed E-state index contributed by atoms with van der Waals surface area (Å²) in [5.74, 6) is -4.08. The van der Waals surface area contributed by atoms with Gasteiger partial charge >= 0.3 is 6.16 Å².